The standard InChI is InChI=1S/C12H16BrNO/c1-8-5-9(7-12(14)3-4-12)11(13)10(6-8)15-2/h5-6H,3-4,7,14H2,1-2H3. The Labute approximate surface area is 98.9 Å². The average molecular weight is 270 g/mol. The van der Waals surface area contributed by atoms with Gasteiger partial charge in [0.2, 0.25) is 0 Å². The van der Waals surface area contributed by atoms with Gasteiger partial charge in [0.25, 0.3) is 0 Å². The summed E-state index contributed by atoms with van der Waals surface area (Å²) in [5.41, 5.74) is 8.64. The van der Waals surface area contributed by atoms with E-state index in [0.29, 0.717) is 0 Å². The van der Waals surface area contributed by atoms with Gasteiger partial charge in [-0.2, -0.15) is 0 Å². The predicted molar refractivity (Wildman–Crippen MR) is 65.3 cm³/mol. The lowest BCUT2D eigenvalue weighted by Gasteiger charge is -2.14. The summed E-state index contributed by atoms with van der Waals surface area (Å²) in [5, 5.41) is 0. The van der Waals surface area contributed by atoms with E-state index in [1.807, 2.05) is 6.07 Å². The Morgan fingerprint density at radius 1 is 1.47 bits per heavy atom. The van der Waals surface area contributed by atoms with E-state index < -0.39 is 0 Å². The molecule has 2 rings (SSSR count). The van der Waals surface area contributed by atoms with Crippen molar-refractivity contribution < 1.29 is 4.74 Å². The first-order valence-corrected chi connectivity index (χ1v) is 5.95. The molecule has 15 heavy (non-hydrogen) atoms. The molecule has 2 N–H and O–H groups in total. The van der Waals surface area contributed by atoms with Crippen LogP contribution in [0.3, 0.4) is 0 Å². The summed E-state index contributed by atoms with van der Waals surface area (Å²) in [7, 11) is 1.69. The molecule has 0 radical (unpaired) electrons. The number of rotatable bonds is 3. The molecular weight excluding hydrogens is 254 g/mol. The second kappa shape index (κ2) is 3.80. The molecule has 1 fully saturated rings. The molecule has 0 spiro atoms. The van der Waals surface area contributed by atoms with E-state index in [9.17, 15) is 0 Å². The number of hydrogen-bond donors (Lipinski definition) is 1. The fraction of sp³-hybridized carbons (Fsp3) is 0.500. The molecule has 0 aromatic heterocycles. The van der Waals surface area contributed by atoms with Gasteiger partial charge in [-0.25, -0.2) is 0 Å². The van der Waals surface area contributed by atoms with Crippen LogP contribution in [0.25, 0.3) is 0 Å². The number of ether oxygens (including phenoxy) is 1. The van der Waals surface area contributed by atoms with E-state index in [0.717, 1.165) is 29.5 Å². The summed E-state index contributed by atoms with van der Waals surface area (Å²) in [5.74, 6) is 0.897. The second-order valence-electron chi connectivity index (χ2n) is 4.48. The maximum Gasteiger partial charge on any atom is 0.133 e. The van der Waals surface area contributed by atoms with Gasteiger partial charge >= 0.3 is 0 Å². The highest BCUT2D eigenvalue weighted by Gasteiger charge is 2.38. The van der Waals surface area contributed by atoms with Crippen LogP contribution in [0.2, 0.25) is 0 Å². The fourth-order valence-corrected chi connectivity index (χ4v) is 2.33. The normalized spacial score (nSPS) is 17.6. The first-order chi connectivity index (χ1) is 7.04. The highest BCUT2D eigenvalue weighted by Crippen LogP contribution is 2.39. The minimum atomic E-state index is 0.0430. The summed E-state index contributed by atoms with van der Waals surface area (Å²) in [6.07, 6.45) is 3.21. The summed E-state index contributed by atoms with van der Waals surface area (Å²) in [4.78, 5) is 0. The minimum absolute atomic E-state index is 0.0430. The van der Waals surface area contributed by atoms with Crippen LogP contribution in [0.5, 0.6) is 5.75 Å². The molecule has 1 aliphatic carbocycles. The van der Waals surface area contributed by atoms with Crippen LogP contribution in [0.15, 0.2) is 16.6 Å². The topological polar surface area (TPSA) is 35.2 Å². The van der Waals surface area contributed by atoms with Gasteiger partial charge in [0.1, 0.15) is 5.75 Å². The van der Waals surface area contributed by atoms with E-state index in [1.165, 1.54) is 11.1 Å². The molecule has 1 aromatic carbocycles. The molecule has 3 heteroatoms. The number of methoxy groups -OCH3 is 1. The Kier molecular flexibility index (Phi) is 2.77. The molecule has 0 unspecified atom stereocenters. The maximum atomic E-state index is 6.13. The van der Waals surface area contributed by atoms with Crippen molar-refractivity contribution in [2.45, 2.75) is 31.7 Å². The molecule has 82 valence electrons. The number of hydrogen-bond acceptors (Lipinski definition) is 2. The molecule has 1 saturated carbocycles. The quantitative estimate of drug-likeness (QED) is 0.916. The van der Waals surface area contributed by atoms with Crippen LogP contribution in [0.1, 0.15) is 24.0 Å². The largest absolute Gasteiger partial charge is 0.496 e. The Balaban J connectivity index is 2.32. The van der Waals surface area contributed by atoms with Crippen molar-refractivity contribution in [3.8, 4) is 5.75 Å². The first-order valence-electron chi connectivity index (χ1n) is 5.16. The number of benzene rings is 1. The molecule has 0 heterocycles. The lowest BCUT2D eigenvalue weighted by Crippen LogP contribution is -2.24. The van der Waals surface area contributed by atoms with Crippen LogP contribution in [0.4, 0.5) is 0 Å². The molecule has 0 atom stereocenters. The van der Waals surface area contributed by atoms with Gasteiger partial charge < -0.3 is 10.5 Å². The number of halogens is 1. The Morgan fingerprint density at radius 2 is 2.13 bits per heavy atom. The molecule has 1 aliphatic rings. The van der Waals surface area contributed by atoms with Crippen LogP contribution in [-0.2, 0) is 6.42 Å². The molecule has 0 amide bonds. The van der Waals surface area contributed by atoms with Crippen molar-refractivity contribution in [1.29, 1.82) is 0 Å². The predicted octanol–water partition coefficient (Wildman–Crippen LogP) is 2.80. The highest BCUT2D eigenvalue weighted by atomic mass is 79.9. The van der Waals surface area contributed by atoms with E-state index in [1.54, 1.807) is 7.11 Å². The van der Waals surface area contributed by atoms with Crippen molar-refractivity contribution in [3.05, 3.63) is 27.7 Å². The lowest BCUT2D eigenvalue weighted by atomic mass is 10.0. The van der Waals surface area contributed by atoms with Gasteiger partial charge in [-0.3, -0.25) is 0 Å². The van der Waals surface area contributed by atoms with Crippen molar-refractivity contribution in [2.75, 3.05) is 7.11 Å². The van der Waals surface area contributed by atoms with E-state index >= 15 is 0 Å². The molecule has 2 nitrogen and oxygen atoms in total. The summed E-state index contributed by atoms with van der Waals surface area (Å²) in [6.45, 7) is 2.08. The van der Waals surface area contributed by atoms with Crippen molar-refractivity contribution >= 4 is 15.9 Å². The van der Waals surface area contributed by atoms with Crippen LogP contribution in [0, 0.1) is 6.92 Å². The zero-order chi connectivity index (χ0) is 11.1. The van der Waals surface area contributed by atoms with Gasteiger partial charge in [-0.05, 0) is 59.3 Å². The number of nitrogens with two attached hydrogens (primary N) is 1. The summed E-state index contributed by atoms with van der Waals surface area (Å²) in [6, 6.07) is 4.21. The first kappa shape index (κ1) is 11.0. The zero-order valence-corrected chi connectivity index (χ0v) is 10.7. The van der Waals surface area contributed by atoms with Crippen molar-refractivity contribution in [3.63, 3.8) is 0 Å². The molecule has 0 aliphatic heterocycles. The molecule has 1 aromatic rings. The van der Waals surface area contributed by atoms with Crippen LogP contribution < -0.4 is 10.5 Å². The molecular formula is C12H16BrNO. The summed E-state index contributed by atoms with van der Waals surface area (Å²) < 4.78 is 6.36. The van der Waals surface area contributed by atoms with E-state index in [-0.39, 0.29) is 5.54 Å². The van der Waals surface area contributed by atoms with E-state index in [4.69, 9.17) is 10.5 Å². The Hall–Kier alpha value is -0.540. The highest BCUT2D eigenvalue weighted by molar-refractivity contribution is 9.10. The van der Waals surface area contributed by atoms with Gasteiger partial charge in [0.05, 0.1) is 11.6 Å². The lowest BCUT2D eigenvalue weighted by molar-refractivity contribution is 0.411. The van der Waals surface area contributed by atoms with Crippen LogP contribution in [-0.4, -0.2) is 12.6 Å². The SMILES string of the molecule is COc1cc(C)cc(CC2(N)CC2)c1Br. The monoisotopic (exact) mass is 269 g/mol. The average Bonchev–Trinajstić information content (AvgIpc) is 2.89. The third-order valence-electron chi connectivity index (χ3n) is 2.91. The van der Waals surface area contributed by atoms with Gasteiger partial charge in [0, 0.05) is 5.54 Å². The smallest absolute Gasteiger partial charge is 0.133 e. The zero-order valence-electron chi connectivity index (χ0n) is 9.14. The molecule has 0 saturated heterocycles. The second-order valence-corrected chi connectivity index (χ2v) is 5.27. The van der Waals surface area contributed by atoms with Gasteiger partial charge in [0.15, 0.2) is 0 Å². The van der Waals surface area contributed by atoms with E-state index in [2.05, 4.69) is 28.9 Å². The van der Waals surface area contributed by atoms with Crippen LogP contribution >= 0.6 is 15.9 Å². The maximum absolute atomic E-state index is 6.13. The fourth-order valence-electron chi connectivity index (χ4n) is 1.80. The number of aryl methyl sites for hydroxylation is 1. The minimum Gasteiger partial charge on any atom is -0.496 e. The third-order valence-corrected chi connectivity index (χ3v) is 3.81. The summed E-state index contributed by atoms with van der Waals surface area (Å²) >= 11 is 3.58. The molecule has 0 bridgehead atoms. The third kappa shape index (κ3) is 2.34. The Morgan fingerprint density at radius 3 is 2.67 bits per heavy atom. The van der Waals surface area contributed by atoms with Gasteiger partial charge in [-0.15, -0.1) is 0 Å². The Bertz CT molecular complexity index is 385. The van der Waals surface area contributed by atoms with Gasteiger partial charge in [-0.1, -0.05) is 6.07 Å². The van der Waals surface area contributed by atoms with Crippen molar-refractivity contribution in [2.24, 2.45) is 5.73 Å². The van der Waals surface area contributed by atoms with Crippen molar-refractivity contribution in [1.82, 2.24) is 0 Å².